The average Bonchev–Trinajstić information content (AvgIpc) is 3.03. The molecule has 0 fully saturated rings. The van der Waals surface area contributed by atoms with Crippen molar-refractivity contribution in [3.8, 4) is 0 Å². The van der Waals surface area contributed by atoms with Crippen LogP contribution in [-0.2, 0) is 14.3 Å². The number of hydrogen-bond acceptors (Lipinski definition) is 6. The predicted molar refractivity (Wildman–Crippen MR) is 119 cm³/mol. The minimum absolute atomic E-state index is 0.284. The van der Waals surface area contributed by atoms with Crippen molar-refractivity contribution < 1.29 is 34.8 Å². The van der Waals surface area contributed by atoms with Gasteiger partial charge in [0.15, 0.2) is 6.10 Å². The Kier molecular flexibility index (Phi) is 14.7. The largest absolute Gasteiger partial charge is 0.502 e. The number of aliphatic hydroxyl groups excluding tert-OH is 3. The molecule has 31 heavy (non-hydrogen) atoms. The van der Waals surface area contributed by atoms with Gasteiger partial charge in [0.1, 0.15) is 6.10 Å². The molecule has 0 aromatic carbocycles. The lowest BCUT2D eigenvalue weighted by molar-refractivity contribution is -0.147. The minimum Gasteiger partial charge on any atom is -0.502 e. The van der Waals surface area contributed by atoms with Crippen molar-refractivity contribution in [2.45, 2.75) is 109 Å². The average molecular weight is 441 g/mol. The summed E-state index contributed by atoms with van der Waals surface area (Å²) in [5, 5.41) is 37.1. The molecule has 0 spiro atoms. The molecule has 2 unspecified atom stereocenters. The first-order valence-corrected chi connectivity index (χ1v) is 11.8. The lowest BCUT2D eigenvalue weighted by Crippen LogP contribution is -2.31. The highest BCUT2D eigenvalue weighted by atomic mass is 16.6. The number of rotatable bonds is 19. The fourth-order valence-corrected chi connectivity index (χ4v) is 3.76. The molecule has 0 aromatic rings. The van der Waals surface area contributed by atoms with Crippen LogP contribution in [0.2, 0.25) is 0 Å². The molecule has 0 amide bonds. The molecule has 1 aliphatic rings. The number of carbonyl (C=O) groups is 2. The third-order valence-electron chi connectivity index (χ3n) is 5.61. The summed E-state index contributed by atoms with van der Waals surface area (Å²) in [6.07, 6.45) is 17.0. The first-order valence-electron chi connectivity index (χ1n) is 11.8. The van der Waals surface area contributed by atoms with E-state index in [0.717, 1.165) is 57.8 Å². The maximum absolute atomic E-state index is 11.5. The van der Waals surface area contributed by atoms with E-state index in [-0.39, 0.29) is 6.42 Å². The second-order valence-electron chi connectivity index (χ2n) is 8.28. The summed E-state index contributed by atoms with van der Waals surface area (Å²) < 4.78 is 4.93. The molecule has 4 N–H and O–H groups in total. The second-order valence-corrected chi connectivity index (χ2v) is 8.28. The SMILES string of the molecule is O=C(O)CCCCCCC/C=C\CCCCCCCCC1=C(O)C(=O)OC1C(O)CO. The Balaban J connectivity index is 1.95. The van der Waals surface area contributed by atoms with E-state index in [2.05, 4.69) is 12.2 Å². The van der Waals surface area contributed by atoms with Gasteiger partial charge in [-0.15, -0.1) is 0 Å². The van der Waals surface area contributed by atoms with Crippen LogP contribution < -0.4 is 0 Å². The maximum Gasteiger partial charge on any atom is 0.374 e. The van der Waals surface area contributed by atoms with Crippen molar-refractivity contribution in [3.63, 3.8) is 0 Å². The molecule has 178 valence electrons. The van der Waals surface area contributed by atoms with Crippen LogP contribution in [0.25, 0.3) is 0 Å². The zero-order valence-electron chi connectivity index (χ0n) is 18.6. The Hall–Kier alpha value is -1.86. The molecular formula is C24H40O7. The van der Waals surface area contributed by atoms with Gasteiger partial charge in [-0.3, -0.25) is 4.79 Å². The molecule has 7 nitrogen and oxygen atoms in total. The van der Waals surface area contributed by atoms with Crippen molar-refractivity contribution in [3.05, 3.63) is 23.5 Å². The Morgan fingerprint density at radius 3 is 1.97 bits per heavy atom. The topological polar surface area (TPSA) is 124 Å². The van der Waals surface area contributed by atoms with Crippen LogP contribution in [0.15, 0.2) is 23.5 Å². The molecule has 0 aliphatic carbocycles. The van der Waals surface area contributed by atoms with Crippen molar-refractivity contribution >= 4 is 11.9 Å². The standard InChI is InChI=1S/C24H40O7/c25-18-20(26)23-19(22(29)24(30)31-23)16-14-12-10-8-6-4-2-1-3-5-7-9-11-13-15-17-21(27)28/h1,3,20,23,25-26,29H,2,4-18H2,(H,27,28)/b3-1-. The number of carboxylic acids is 1. The van der Waals surface area contributed by atoms with E-state index in [1.54, 1.807) is 0 Å². The van der Waals surface area contributed by atoms with E-state index in [1.807, 2.05) is 0 Å². The van der Waals surface area contributed by atoms with Crippen molar-refractivity contribution in [1.82, 2.24) is 0 Å². The molecule has 7 heteroatoms. The second kappa shape index (κ2) is 16.8. The van der Waals surface area contributed by atoms with Gasteiger partial charge in [-0.25, -0.2) is 4.79 Å². The van der Waals surface area contributed by atoms with E-state index >= 15 is 0 Å². The summed E-state index contributed by atoms with van der Waals surface area (Å²) >= 11 is 0. The monoisotopic (exact) mass is 440 g/mol. The first-order chi connectivity index (χ1) is 15.0. The number of cyclic esters (lactones) is 1. The lowest BCUT2D eigenvalue weighted by Gasteiger charge is -2.18. The third kappa shape index (κ3) is 11.9. The van der Waals surface area contributed by atoms with Crippen molar-refractivity contribution in [2.75, 3.05) is 6.61 Å². The predicted octanol–water partition coefficient (Wildman–Crippen LogP) is 4.57. The summed E-state index contributed by atoms with van der Waals surface area (Å²) in [5.41, 5.74) is 0.400. The van der Waals surface area contributed by atoms with Gasteiger partial charge in [0, 0.05) is 12.0 Å². The fraction of sp³-hybridized carbons (Fsp3) is 0.750. The number of carbonyl (C=O) groups excluding carboxylic acids is 1. The number of carboxylic acid groups (broad SMARTS) is 1. The zero-order chi connectivity index (χ0) is 22.9. The molecule has 0 bridgehead atoms. The molecule has 1 rings (SSSR count). The van der Waals surface area contributed by atoms with Gasteiger partial charge in [0.2, 0.25) is 5.76 Å². The van der Waals surface area contributed by atoms with Crippen LogP contribution in [0.4, 0.5) is 0 Å². The molecule has 1 aliphatic heterocycles. The molecule has 0 radical (unpaired) electrons. The van der Waals surface area contributed by atoms with Gasteiger partial charge >= 0.3 is 11.9 Å². The molecule has 0 saturated heterocycles. The number of aliphatic hydroxyl groups is 3. The van der Waals surface area contributed by atoms with Crippen LogP contribution in [0.5, 0.6) is 0 Å². The summed E-state index contributed by atoms with van der Waals surface area (Å²) in [6.45, 7) is -0.516. The lowest BCUT2D eigenvalue weighted by atomic mass is 9.98. The van der Waals surface area contributed by atoms with Gasteiger partial charge < -0.3 is 25.2 Å². The van der Waals surface area contributed by atoms with E-state index in [0.29, 0.717) is 12.0 Å². The van der Waals surface area contributed by atoms with Crippen LogP contribution >= 0.6 is 0 Å². The molecule has 1 heterocycles. The molecule has 2 atom stereocenters. The molecule has 0 saturated carbocycles. The zero-order valence-corrected chi connectivity index (χ0v) is 18.6. The van der Waals surface area contributed by atoms with Crippen molar-refractivity contribution in [2.24, 2.45) is 0 Å². The number of esters is 1. The summed E-state index contributed by atoms with van der Waals surface area (Å²) in [5.74, 6) is -1.94. The van der Waals surface area contributed by atoms with Gasteiger partial charge in [0.05, 0.1) is 6.61 Å². The maximum atomic E-state index is 11.5. The van der Waals surface area contributed by atoms with Crippen molar-refractivity contribution in [1.29, 1.82) is 0 Å². The van der Waals surface area contributed by atoms with E-state index in [1.165, 1.54) is 25.7 Å². The Morgan fingerprint density at radius 2 is 1.42 bits per heavy atom. The van der Waals surface area contributed by atoms with E-state index in [9.17, 15) is 19.8 Å². The minimum atomic E-state index is -1.19. The highest BCUT2D eigenvalue weighted by Gasteiger charge is 2.37. The van der Waals surface area contributed by atoms with E-state index in [4.69, 9.17) is 14.9 Å². The molecule has 0 aromatic heterocycles. The number of unbranched alkanes of at least 4 members (excludes halogenated alkanes) is 11. The quantitative estimate of drug-likeness (QED) is 0.132. The fourth-order valence-electron chi connectivity index (χ4n) is 3.76. The summed E-state index contributed by atoms with van der Waals surface area (Å²) in [6, 6.07) is 0. The van der Waals surface area contributed by atoms with Crippen LogP contribution in [-0.4, -0.2) is 51.2 Å². The summed E-state index contributed by atoms with van der Waals surface area (Å²) in [7, 11) is 0. The van der Waals surface area contributed by atoms with Gasteiger partial charge in [-0.1, -0.05) is 57.1 Å². The van der Waals surface area contributed by atoms with Gasteiger partial charge in [-0.2, -0.15) is 0 Å². The third-order valence-corrected chi connectivity index (χ3v) is 5.61. The Bertz CT molecular complexity index is 582. The highest BCUT2D eigenvalue weighted by molar-refractivity contribution is 5.89. The Morgan fingerprint density at radius 1 is 0.903 bits per heavy atom. The smallest absolute Gasteiger partial charge is 0.374 e. The number of hydrogen-bond donors (Lipinski definition) is 4. The summed E-state index contributed by atoms with van der Waals surface area (Å²) in [4.78, 5) is 21.9. The van der Waals surface area contributed by atoms with Gasteiger partial charge in [0.25, 0.3) is 0 Å². The van der Waals surface area contributed by atoms with Gasteiger partial charge in [-0.05, 0) is 44.9 Å². The van der Waals surface area contributed by atoms with Crippen LogP contribution in [0, 0.1) is 0 Å². The van der Waals surface area contributed by atoms with Crippen LogP contribution in [0.3, 0.4) is 0 Å². The first kappa shape index (κ1) is 27.2. The Labute approximate surface area is 185 Å². The normalized spacial score (nSPS) is 17.5. The number of ether oxygens (including phenoxy) is 1. The number of aliphatic carboxylic acids is 1. The van der Waals surface area contributed by atoms with E-state index < -0.39 is 36.5 Å². The number of allylic oxidation sites excluding steroid dienone is 2. The van der Waals surface area contributed by atoms with Crippen LogP contribution in [0.1, 0.15) is 96.3 Å². The highest BCUT2D eigenvalue weighted by Crippen LogP contribution is 2.28. The molecular weight excluding hydrogens is 400 g/mol.